The number of aromatic amines is 1. The van der Waals surface area contributed by atoms with Crippen LogP contribution in [0.2, 0.25) is 0 Å². The molecule has 6 nitrogen and oxygen atoms in total. The first-order valence-corrected chi connectivity index (χ1v) is 9.34. The first-order valence-electron chi connectivity index (χ1n) is 9.34. The van der Waals surface area contributed by atoms with E-state index in [-0.39, 0.29) is 6.04 Å². The summed E-state index contributed by atoms with van der Waals surface area (Å²) in [5, 5.41) is 3.55. The summed E-state index contributed by atoms with van der Waals surface area (Å²) in [7, 11) is 0. The van der Waals surface area contributed by atoms with Gasteiger partial charge in [0.2, 0.25) is 0 Å². The monoisotopic (exact) mass is 358 g/mol. The zero-order valence-electron chi connectivity index (χ0n) is 15.5. The average Bonchev–Trinajstić information content (AvgIpc) is 3.37. The third kappa shape index (κ3) is 2.60. The lowest BCUT2D eigenvalue weighted by atomic mass is 9.92. The third-order valence-corrected chi connectivity index (χ3v) is 5.40. The normalized spacial score (nSPS) is 17.6. The van der Waals surface area contributed by atoms with E-state index in [9.17, 15) is 0 Å². The summed E-state index contributed by atoms with van der Waals surface area (Å²) in [6.45, 7) is 8.78. The van der Waals surface area contributed by atoms with E-state index in [1.54, 1.807) is 12.7 Å². The first-order chi connectivity index (χ1) is 13.1. The van der Waals surface area contributed by atoms with Crippen molar-refractivity contribution in [1.82, 2.24) is 24.8 Å². The van der Waals surface area contributed by atoms with Crippen LogP contribution in [0.3, 0.4) is 0 Å². The largest absolute Gasteiger partial charge is 0.360 e. The number of rotatable bonds is 4. The number of H-pyrrole nitrogens is 1. The summed E-state index contributed by atoms with van der Waals surface area (Å²) in [6, 6.07) is 7.04. The minimum Gasteiger partial charge on any atom is -0.360 e. The van der Waals surface area contributed by atoms with Gasteiger partial charge >= 0.3 is 0 Å². The van der Waals surface area contributed by atoms with Crippen molar-refractivity contribution in [2.75, 3.05) is 5.32 Å². The summed E-state index contributed by atoms with van der Waals surface area (Å²) in [5.41, 5.74) is 7.59. The molecule has 2 N–H and O–H groups in total. The Bertz CT molecular complexity index is 1080. The Hall–Kier alpha value is -3.15. The van der Waals surface area contributed by atoms with Gasteiger partial charge in [-0.25, -0.2) is 15.0 Å². The lowest BCUT2D eigenvalue weighted by Crippen LogP contribution is -2.35. The van der Waals surface area contributed by atoms with Crippen LogP contribution in [0.5, 0.6) is 0 Å². The van der Waals surface area contributed by atoms with Crippen LogP contribution < -0.4 is 5.32 Å². The van der Waals surface area contributed by atoms with Crippen LogP contribution in [0.25, 0.3) is 22.9 Å². The second-order valence-corrected chi connectivity index (χ2v) is 7.35. The fourth-order valence-corrected chi connectivity index (χ4v) is 3.96. The molecule has 3 heterocycles. The Morgan fingerprint density at radius 1 is 1.26 bits per heavy atom. The number of fused-ring (bicyclic) bond motifs is 2. The molecule has 2 aromatic heterocycles. The second-order valence-electron chi connectivity index (χ2n) is 7.35. The predicted molar refractivity (Wildman–Crippen MR) is 108 cm³/mol. The van der Waals surface area contributed by atoms with Gasteiger partial charge in [-0.3, -0.25) is 0 Å². The molecule has 1 fully saturated rings. The molecular formula is C21H22N6. The molecule has 3 aromatic rings. The number of nitrogens with zero attached hydrogens (tertiary/aromatic N) is 4. The van der Waals surface area contributed by atoms with E-state index < -0.39 is 0 Å². The van der Waals surface area contributed by atoms with Gasteiger partial charge in [0.15, 0.2) is 11.5 Å². The summed E-state index contributed by atoms with van der Waals surface area (Å²) in [6.07, 6.45) is 7.90. The van der Waals surface area contributed by atoms with E-state index in [2.05, 4.69) is 74.9 Å². The molecule has 27 heavy (non-hydrogen) atoms. The Kier molecular flexibility index (Phi) is 3.53. The lowest BCUT2D eigenvalue weighted by molar-refractivity contribution is 0.453. The fraction of sp³-hybridized carbons (Fsp3) is 0.286. The molecule has 1 saturated carbocycles. The maximum Gasteiger partial charge on any atom is 0.182 e. The minimum atomic E-state index is 0.0670. The average molecular weight is 358 g/mol. The van der Waals surface area contributed by atoms with Gasteiger partial charge in [-0.2, -0.15) is 0 Å². The third-order valence-electron chi connectivity index (χ3n) is 5.40. The number of anilines is 1. The molecule has 0 radical (unpaired) electrons. The van der Waals surface area contributed by atoms with Crippen molar-refractivity contribution in [3.05, 3.63) is 59.8 Å². The van der Waals surface area contributed by atoms with E-state index in [1.165, 1.54) is 35.2 Å². The number of hydrogen-bond acceptors (Lipinski definition) is 5. The van der Waals surface area contributed by atoms with E-state index in [1.807, 2.05) is 0 Å². The Balaban J connectivity index is 1.55. The molecule has 0 spiro atoms. The lowest BCUT2D eigenvalue weighted by Gasteiger charge is -2.37. The molecule has 0 saturated heterocycles. The van der Waals surface area contributed by atoms with Gasteiger partial charge in [-0.05, 0) is 43.9 Å². The standard InChI is InChI=1S/C21H22N6/c1-12-5-4-6-15-9-17(27(16-7-8-16)14(3)18(12)15)13(2)26-21-19-20(23-10-22-19)24-11-25-21/h4-6,9-11,13,16H,3,7-8H2,1-2H3,(H2,22,23,24,25,26)/t13-/m0/s1. The zero-order valence-corrected chi connectivity index (χ0v) is 15.5. The van der Waals surface area contributed by atoms with Crippen LogP contribution in [-0.2, 0) is 0 Å². The van der Waals surface area contributed by atoms with Gasteiger partial charge in [0, 0.05) is 23.0 Å². The van der Waals surface area contributed by atoms with Crippen molar-refractivity contribution >= 4 is 28.8 Å². The van der Waals surface area contributed by atoms with Crippen LogP contribution in [0, 0.1) is 6.92 Å². The van der Waals surface area contributed by atoms with Crippen molar-refractivity contribution in [2.24, 2.45) is 0 Å². The first kappa shape index (κ1) is 16.1. The van der Waals surface area contributed by atoms with Gasteiger partial charge in [-0.1, -0.05) is 24.8 Å². The number of aryl methyl sites for hydroxylation is 1. The summed E-state index contributed by atoms with van der Waals surface area (Å²) in [4.78, 5) is 18.4. The molecule has 0 bridgehead atoms. The Labute approximate surface area is 158 Å². The molecular weight excluding hydrogens is 336 g/mol. The smallest absolute Gasteiger partial charge is 0.182 e. The maximum atomic E-state index is 4.46. The van der Waals surface area contributed by atoms with Crippen LogP contribution in [-0.4, -0.2) is 36.9 Å². The highest BCUT2D eigenvalue weighted by Gasteiger charge is 2.37. The number of hydrogen-bond donors (Lipinski definition) is 2. The quantitative estimate of drug-likeness (QED) is 0.739. The van der Waals surface area contributed by atoms with Gasteiger partial charge in [0.05, 0.1) is 12.4 Å². The zero-order chi connectivity index (χ0) is 18.5. The van der Waals surface area contributed by atoms with Crippen LogP contribution >= 0.6 is 0 Å². The van der Waals surface area contributed by atoms with E-state index in [0.29, 0.717) is 11.7 Å². The van der Waals surface area contributed by atoms with Crippen molar-refractivity contribution in [3.63, 3.8) is 0 Å². The SMILES string of the molecule is C=C1c2c(C)cccc2C=C([C@H](C)Nc2ncnc3nc[nH]c23)N1C1CC1. The van der Waals surface area contributed by atoms with Crippen LogP contribution in [0.4, 0.5) is 5.82 Å². The molecule has 136 valence electrons. The topological polar surface area (TPSA) is 69.7 Å². The number of nitrogens with one attached hydrogen (secondary N) is 2. The molecule has 0 amide bonds. The molecule has 5 rings (SSSR count). The van der Waals surface area contributed by atoms with Gasteiger partial charge in [0.1, 0.15) is 11.8 Å². The minimum absolute atomic E-state index is 0.0670. The van der Waals surface area contributed by atoms with E-state index >= 15 is 0 Å². The van der Waals surface area contributed by atoms with Crippen molar-refractivity contribution in [2.45, 2.75) is 38.8 Å². The molecule has 1 aliphatic carbocycles. The van der Waals surface area contributed by atoms with Crippen molar-refractivity contribution in [3.8, 4) is 0 Å². The molecule has 6 heteroatoms. The number of benzene rings is 1. The maximum absolute atomic E-state index is 4.46. The van der Waals surface area contributed by atoms with Crippen LogP contribution in [0.1, 0.15) is 36.5 Å². The van der Waals surface area contributed by atoms with E-state index in [4.69, 9.17) is 0 Å². The highest BCUT2D eigenvalue weighted by Crippen LogP contribution is 2.43. The Morgan fingerprint density at radius 2 is 2.11 bits per heavy atom. The van der Waals surface area contributed by atoms with Crippen molar-refractivity contribution < 1.29 is 0 Å². The Morgan fingerprint density at radius 3 is 2.93 bits per heavy atom. The molecule has 0 unspecified atom stereocenters. The fourth-order valence-electron chi connectivity index (χ4n) is 3.96. The molecule has 1 aliphatic heterocycles. The highest BCUT2D eigenvalue weighted by atomic mass is 15.2. The summed E-state index contributed by atoms with van der Waals surface area (Å²) < 4.78 is 0. The second kappa shape index (κ2) is 5.94. The highest BCUT2D eigenvalue weighted by molar-refractivity contribution is 5.84. The summed E-state index contributed by atoms with van der Waals surface area (Å²) >= 11 is 0. The van der Waals surface area contributed by atoms with Crippen LogP contribution in [0.15, 0.2) is 43.1 Å². The molecule has 2 aliphatic rings. The molecule has 1 atom stereocenters. The molecule has 1 aromatic carbocycles. The predicted octanol–water partition coefficient (Wildman–Crippen LogP) is 3.95. The van der Waals surface area contributed by atoms with Crippen molar-refractivity contribution in [1.29, 1.82) is 0 Å². The number of aromatic nitrogens is 4. The summed E-state index contributed by atoms with van der Waals surface area (Å²) in [5.74, 6) is 0.766. The van der Waals surface area contributed by atoms with E-state index in [0.717, 1.165) is 17.0 Å². The number of imidazole rings is 1. The van der Waals surface area contributed by atoms with Gasteiger partial charge in [-0.15, -0.1) is 0 Å². The van der Waals surface area contributed by atoms with Gasteiger partial charge < -0.3 is 15.2 Å². The van der Waals surface area contributed by atoms with Gasteiger partial charge in [0.25, 0.3) is 0 Å².